The molecule has 124 valence electrons. The van der Waals surface area contributed by atoms with Gasteiger partial charge in [0.25, 0.3) is 0 Å². The fourth-order valence-corrected chi connectivity index (χ4v) is 2.68. The topological polar surface area (TPSA) is 55.5 Å². The van der Waals surface area contributed by atoms with E-state index in [1.54, 1.807) is 12.0 Å². The zero-order valence-corrected chi connectivity index (χ0v) is 14.2. The number of carbonyl (C=O) groups is 1. The van der Waals surface area contributed by atoms with Gasteiger partial charge >= 0.3 is 11.9 Å². The van der Waals surface area contributed by atoms with Crippen LogP contribution in [0.3, 0.4) is 0 Å². The lowest BCUT2D eigenvalue weighted by molar-refractivity contribution is -0.438. The average molecular weight is 324 g/mol. The number of hydrogen-bond acceptors (Lipinski definition) is 3. The Morgan fingerprint density at radius 2 is 1.92 bits per heavy atom. The molecular weight excluding hydrogens is 302 g/mol. The Kier molecular flexibility index (Phi) is 4.51. The van der Waals surface area contributed by atoms with Gasteiger partial charge in [-0.15, -0.1) is 0 Å². The van der Waals surface area contributed by atoms with Crippen LogP contribution >= 0.6 is 0 Å². The lowest BCUT2D eigenvalue weighted by atomic mass is 10.1. The van der Waals surface area contributed by atoms with Crippen LogP contribution in [0.25, 0.3) is 0 Å². The van der Waals surface area contributed by atoms with Crippen LogP contribution in [-0.2, 0) is 11.3 Å². The third-order valence-corrected chi connectivity index (χ3v) is 4.34. The minimum Gasteiger partial charge on any atom is -0.497 e. The van der Waals surface area contributed by atoms with Crippen molar-refractivity contribution >= 4 is 17.6 Å². The quantitative estimate of drug-likeness (QED) is 0.889. The van der Waals surface area contributed by atoms with Crippen molar-refractivity contribution in [3.63, 3.8) is 0 Å². The van der Waals surface area contributed by atoms with E-state index in [0.717, 1.165) is 23.0 Å². The van der Waals surface area contributed by atoms with Crippen molar-refractivity contribution < 1.29 is 14.5 Å². The second-order valence-electron chi connectivity index (χ2n) is 5.90. The van der Waals surface area contributed by atoms with Gasteiger partial charge in [-0.3, -0.25) is 9.79 Å². The predicted molar refractivity (Wildman–Crippen MR) is 93.9 cm³/mol. The van der Waals surface area contributed by atoms with Crippen LogP contribution in [0, 0.1) is 13.8 Å². The van der Waals surface area contributed by atoms with Crippen molar-refractivity contribution in [3.8, 4) is 5.75 Å². The van der Waals surface area contributed by atoms with Gasteiger partial charge in [0.2, 0.25) is 0 Å². The van der Waals surface area contributed by atoms with Gasteiger partial charge < -0.3 is 4.74 Å². The maximum absolute atomic E-state index is 12.2. The Morgan fingerprint density at radius 1 is 1.17 bits per heavy atom. The molecule has 2 aromatic rings. The summed E-state index contributed by atoms with van der Waals surface area (Å²) in [5.41, 5.74) is 4.45. The third kappa shape index (κ3) is 3.25. The molecule has 0 unspecified atom stereocenters. The summed E-state index contributed by atoms with van der Waals surface area (Å²) in [6.45, 7) is 4.97. The SMILES string of the molecule is COc1ccc(CN2C(=O)C[NH+]=C2Nc2cccc(C)c2C)cc1. The lowest BCUT2D eigenvalue weighted by Crippen LogP contribution is -2.72. The van der Waals surface area contributed by atoms with Crippen molar-refractivity contribution in [1.29, 1.82) is 0 Å². The molecule has 5 nitrogen and oxygen atoms in total. The highest BCUT2D eigenvalue weighted by atomic mass is 16.5. The van der Waals surface area contributed by atoms with Crippen LogP contribution in [-0.4, -0.2) is 30.4 Å². The minimum atomic E-state index is 0.0543. The fraction of sp³-hybridized carbons (Fsp3) is 0.263. The molecular formula is C19H22N3O2+. The molecule has 0 fully saturated rings. The molecule has 2 N–H and O–H groups in total. The van der Waals surface area contributed by atoms with Gasteiger partial charge in [0.05, 0.1) is 7.11 Å². The van der Waals surface area contributed by atoms with E-state index in [9.17, 15) is 4.79 Å². The molecule has 24 heavy (non-hydrogen) atoms. The summed E-state index contributed by atoms with van der Waals surface area (Å²) in [6, 6.07) is 13.9. The van der Waals surface area contributed by atoms with Gasteiger partial charge in [0, 0.05) is 0 Å². The molecule has 5 heteroatoms. The zero-order valence-electron chi connectivity index (χ0n) is 14.2. The average Bonchev–Trinajstić information content (AvgIpc) is 2.93. The molecule has 0 aliphatic carbocycles. The molecule has 0 saturated carbocycles. The number of guanidine groups is 1. The van der Waals surface area contributed by atoms with Crippen molar-refractivity contribution in [3.05, 3.63) is 59.2 Å². The summed E-state index contributed by atoms with van der Waals surface area (Å²) in [5, 5.41) is 3.36. The summed E-state index contributed by atoms with van der Waals surface area (Å²) in [6.07, 6.45) is 0. The van der Waals surface area contributed by atoms with Crippen molar-refractivity contribution in [2.75, 3.05) is 19.0 Å². The number of ether oxygens (including phenoxy) is 1. The molecule has 0 bridgehead atoms. The van der Waals surface area contributed by atoms with Gasteiger partial charge in [0.15, 0.2) is 6.54 Å². The van der Waals surface area contributed by atoms with E-state index in [4.69, 9.17) is 4.74 Å². The van der Waals surface area contributed by atoms with Gasteiger partial charge in [-0.25, -0.2) is 5.32 Å². The highest BCUT2D eigenvalue weighted by molar-refractivity contribution is 6.04. The molecule has 1 heterocycles. The number of nitrogens with zero attached hydrogens (tertiary/aromatic N) is 1. The molecule has 2 aromatic carbocycles. The second kappa shape index (κ2) is 6.74. The van der Waals surface area contributed by atoms with Crippen LogP contribution in [0.1, 0.15) is 16.7 Å². The Morgan fingerprint density at radius 3 is 2.62 bits per heavy atom. The number of carbonyl (C=O) groups excluding carboxylic acids is 1. The Bertz CT molecular complexity index is 782. The molecule has 1 aliphatic rings. The van der Waals surface area contributed by atoms with Crippen molar-refractivity contribution in [2.45, 2.75) is 20.4 Å². The number of benzene rings is 2. The smallest absolute Gasteiger partial charge is 0.358 e. The number of rotatable bonds is 4. The van der Waals surface area contributed by atoms with Gasteiger partial charge in [0.1, 0.15) is 18.0 Å². The minimum absolute atomic E-state index is 0.0543. The Hall–Kier alpha value is -2.82. The van der Waals surface area contributed by atoms with E-state index in [1.807, 2.05) is 36.4 Å². The van der Waals surface area contributed by atoms with Crippen LogP contribution in [0.5, 0.6) is 5.75 Å². The summed E-state index contributed by atoms with van der Waals surface area (Å²) in [5.74, 6) is 1.59. The van der Waals surface area contributed by atoms with E-state index in [1.165, 1.54) is 11.1 Å². The number of hydrogen-bond donors (Lipinski definition) is 2. The Balaban J connectivity index is 1.77. The summed E-state index contributed by atoms with van der Waals surface area (Å²) in [4.78, 5) is 17.1. The summed E-state index contributed by atoms with van der Waals surface area (Å²) < 4.78 is 5.17. The van der Waals surface area contributed by atoms with E-state index in [2.05, 4.69) is 30.2 Å². The molecule has 0 radical (unpaired) electrons. The van der Waals surface area contributed by atoms with E-state index in [0.29, 0.717) is 13.1 Å². The van der Waals surface area contributed by atoms with Crippen molar-refractivity contribution in [1.82, 2.24) is 4.90 Å². The normalized spacial score (nSPS) is 13.9. The fourth-order valence-electron chi connectivity index (χ4n) is 2.68. The number of nitrogens with one attached hydrogen (secondary N) is 2. The summed E-state index contributed by atoms with van der Waals surface area (Å²) in [7, 11) is 1.64. The van der Waals surface area contributed by atoms with Crippen LogP contribution < -0.4 is 15.0 Å². The molecule has 0 saturated heterocycles. The highest BCUT2D eigenvalue weighted by Crippen LogP contribution is 2.19. The van der Waals surface area contributed by atoms with Crippen LogP contribution in [0.15, 0.2) is 42.5 Å². The third-order valence-electron chi connectivity index (χ3n) is 4.34. The monoisotopic (exact) mass is 324 g/mol. The first-order valence-corrected chi connectivity index (χ1v) is 7.96. The zero-order chi connectivity index (χ0) is 17.1. The largest absolute Gasteiger partial charge is 0.497 e. The van der Waals surface area contributed by atoms with Crippen LogP contribution in [0.4, 0.5) is 5.69 Å². The first kappa shape index (κ1) is 16.1. The van der Waals surface area contributed by atoms with E-state index >= 15 is 0 Å². The Labute approximate surface area is 142 Å². The molecule has 1 aliphatic heterocycles. The lowest BCUT2D eigenvalue weighted by Gasteiger charge is -2.14. The summed E-state index contributed by atoms with van der Waals surface area (Å²) >= 11 is 0. The van der Waals surface area contributed by atoms with E-state index in [-0.39, 0.29) is 5.91 Å². The highest BCUT2D eigenvalue weighted by Gasteiger charge is 2.33. The maximum atomic E-state index is 12.2. The molecule has 1 amide bonds. The molecule has 0 spiro atoms. The first-order chi connectivity index (χ1) is 11.6. The molecule has 0 atom stereocenters. The second-order valence-corrected chi connectivity index (χ2v) is 5.90. The van der Waals surface area contributed by atoms with Crippen molar-refractivity contribution in [2.24, 2.45) is 0 Å². The van der Waals surface area contributed by atoms with Gasteiger partial charge in [-0.1, -0.05) is 24.3 Å². The number of methoxy groups -OCH3 is 1. The molecule has 3 rings (SSSR count). The van der Waals surface area contributed by atoms with E-state index < -0.39 is 0 Å². The number of anilines is 1. The van der Waals surface area contributed by atoms with Gasteiger partial charge in [-0.2, -0.15) is 4.90 Å². The number of amides is 1. The van der Waals surface area contributed by atoms with Crippen LogP contribution in [0.2, 0.25) is 0 Å². The predicted octanol–water partition coefficient (Wildman–Crippen LogP) is 1.20. The van der Waals surface area contributed by atoms with Gasteiger partial charge in [-0.05, 0) is 48.7 Å². The maximum Gasteiger partial charge on any atom is 0.358 e. The first-order valence-electron chi connectivity index (χ1n) is 7.96. The molecule has 0 aromatic heterocycles. The number of aryl methyl sites for hydroxylation is 1. The standard InChI is InChI=1S/C19H21N3O2/c1-13-5-4-6-17(14(13)2)21-19-20-11-18(23)22(19)12-15-7-9-16(24-3)10-8-15/h4-10H,11-12H2,1-3H3,(H,20,21)/p+1.